The summed E-state index contributed by atoms with van der Waals surface area (Å²) < 4.78 is 0. The quantitative estimate of drug-likeness (QED) is 0.419. The summed E-state index contributed by atoms with van der Waals surface area (Å²) in [6.45, 7) is 6.62. The second-order valence-electron chi connectivity index (χ2n) is 5.09. The van der Waals surface area contributed by atoms with Gasteiger partial charge in [-0.05, 0) is 19.8 Å². The summed E-state index contributed by atoms with van der Waals surface area (Å²) in [6, 6.07) is 0. The van der Waals surface area contributed by atoms with Gasteiger partial charge in [0.2, 0.25) is 6.41 Å². The van der Waals surface area contributed by atoms with Gasteiger partial charge in [-0.25, -0.2) is 0 Å². The van der Waals surface area contributed by atoms with Gasteiger partial charge in [0.25, 0.3) is 0 Å². The van der Waals surface area contributed by atoms with Gasteiger partial charge >= 0.3 is 0 Å². The average Bonchev–Trinajstić information content (AvgIpc) is 2.25. The second-order valence-corrected chi connectivity index (χ2v) is 5.09. The number of hydrogen-bond acceptors (Lipinski definition) is 1. The molecule has 0 aliphatic carbocycles. The van der Waals surface area contributed by atoms with E-state index in [4.69, 9.17) is 0 Å². The standard InChI is InChI=1S/C14H29NO/c1-4-6-8-10-12-14(3,15-13-16)11-9-7-5-2/h13H,4-12H2,1-3H3,(H,15,16). The Morgan fingerprint density at radius 1 is 0.938 bits per heavy atom. The average molecular weight is 227 g/mol. The van der Waals surface area contributed by atoms with Crippen molar-refractivity contribution in [1.29, 1.82) is 0 Å². The van der Waals surface area contributed by atoms with Crippen molar-refractivity contribution in [2.24, 2.45) is 0 Å². The molecule has 1 amide bonds. The molecule has 0 radical (unpaired) electrons. The maximum atomic E-state index is 10.6. The minimum absolute atomic E-state index is 0.0324. The van der Waals surface area contributed by atoms with Gasteiger partial charge in [0.1, 0.15) is 0 Å². The van der Waals surface area contributed by atoms with Crippen LogP contribution in [0.3, 0.4) is 0 Å². The van der Waals surface area contributed by atoms with Crippen molar-refractivity contribution in [3.63, 3.8) is 0 Å². The van der Waals surface area contributed by atoms with Gasteiger partial charge in [0, 0.05) is 5.54 Å². The van der Waals surface area contributed by atoms with E-state index in [2.05, 4.69) is 26.1 Å². The summed E-state index contributed by atoms with van der Waals surface area (Å²) in [5.41, 5.74) is 0.0324. The molecule has 96 valence electrons. The van der Waals surface area contributed by atoms with E-state index in [1.807, 2.05) is 0 Å². The zero-order valence-corrected chi connectivity index (χ0v) is 11.3. The van der Waals surface area contributed by atoms with E-state index in [1.165, 1.54) is 44.9 Å². The van der Waals surface area contributed by atoms with Crippen LogP contribution in [0.1, 0.15) is 78.6 Å². The first-order valence-electron chi connectivity index (χ1n) is 6.90. The van der Waals surface area contributed by atoms with Gasteiger partial charge in [0.15, 0.2) is 0 Å². The highest BCUT2D eigenvalue weighted by molar-refractivity contribution is 5.47. The minimum atomic E-state index is 0.0324. The number of nitrogens with one attached hydrogen (secondary N) is 1. The molecule has 0 fully saturated rings. The molecule has 16 heavy (non-hydrogen) atoms. The van der Waals surface area contributed by atoms with Crippen molar-refractivity contribution in [2.45, 2.75) is 84.1 Å². The summed E-state index contributed by atoms with van der Waals surface area (Å²) in [5, 5.41) is 3.01. The zero-order valence-electron chi connectivity index (χ0n) is 11.3. The molecule has 0 bridgehead atoms. The van der Waals surface area contributed by atoms with Crippen LogP contribution >= 0.6 is 0 Å². The van der Waals surface area contributed by atoms with Gasteiger partial charge in [-0.15, -0.1) is 0 Å². The van der Waals surface area contributed by atoms with Crippen molar-refractivity contribution in [1.82, 2.24) is 5.32 Å². The van der Waals surface area contributed by atoms with Crippen molar-refractivity contribution >= 4 is 6.41 Å². The van der Waals surface area contributed by atoms with Gasteiger partial charge in [-0.3, -0.25) is 4.79 Å². The first kappa shape index (κ1) is 15.5. The molecule has 0 spiro atoms. The molecule has 1 N–H and O–H groups in total. The van der Waals surface area contributed by atoms with Gasteiger partial charge < -0.3 is 5.32 Å². The van der Waals surface area contributed by atoms with Gasteiger partial charge in [-0.2, -0.15) is 0 Å². The molecular weight excluding hydrogens is 198 g/mol. The highest BCUT2D eigenvalue weighted by atomic mass is 16.1. The number of carbonyl (C=O) groups is 1. The van der Waals surface area contributed by atoms with Crippen LogP contribution in [-0.4, -0.2) is 11.9 Å². The molecule has 2 heteroatoms. The molecule has 0 aliphatic rings. The van der Waals surface area contributed by atoms with Crippen LogP contribution in [0.25, 0.3) is 0 Å². The monoisotopic (exact) mass is 227 g/mol. The molecular formula is C14H29NO. The Labute approximate surface area is 101 Å². The number of amides is 1. The predicted octanol–water partition coefficient (Wildman–Crippen LogP) is 4.04. The molecule has 0 aromatic heterocycles. The Bertz CT molecular complexity index is 170. The fraction of sp³-hybridized carbons (Fsp3) is 0.929. The fourth-order valence-corrected chi connectivity index (χ4v) is 2.12. The normalized spacial score (nSPS) is 14.4. The molecule has 0 aromatic rings. The van der Waals surface area contributed by atoms with E-state index in [0.29, 0.717) is 0 Å². The van der Waals surface area contributed by atoms with E-state index in [0.717, 1.165) is 19.3 Å². The number of rotatable bonds is 11. The first-order chi connectivity index (χ1) is 7.68. The van der Waals surface area contributed by atoms with E-state index in [9.17, 15) is 4.79 Å². The van der Waals surface area contributed by atoms with Crippen LogP contribution in [0, 0.1) is 0 Å². The predicted molar refractivity (Wildman–Crippen MR) is 70.5 cm³/mol. The van der Waals surface area contributed by atoms with E-state index < -0.39 is 0 Å². The Kier molecular flexibility index (Phi) is 9.36. The Morgan fingerprint density at radius 3 is 1.94 bits per heavy atom. The maximum absolute atomic E-state index is 10.6. The van der Waals surface area contributed by atoms with E-state index >= 15 is 0 Å². The largest absolute Gasteiger partial charge is 0.354 e. The topological polar surface area (TPSA) is 29.1 Å². The lowest BCUT2D eigenvalue weighted by Gasteiger charge is -2.29. The maximum Gasteiger partial charge on any atom is 0.207 e. The minimum Gasteiger partial charge on any atom is -0.354 e. The third-order valence-corrected chi connectivity index (χ3v) is 3.32. The molecule has 1 atom stereocenters. The zero-order chi connectivity index (χ0) is 12.3. The number of hydrogen-bond donors (Lipinski definition) is 1. The summed E-state index contributed by atoms with van der Waals surface area (Å²) in [6.07, 6.45) is 11.9. The highest BCUT2D eigenvalue weighted by Crippen LogP contribution is 2.21. The SMILES string of the molecule is CCCCCCC(C)(CCCCC)NC=O. The van der Waals surface area contributed by atoms with Crippen LogP contribution in [0.4, 0.5) is 0 Å². The molecule has 0 heterocycles. The number of unbranched alkanes of at least 4 members (excludes halogenated alkanes) is 5. The molecule has 0 aromatic carbocycles. The van der Waals surface area contributed by atoms with Crippen LogP contribution in [0.5, 0.6) is 0 Å². The number of carbonyl (C=O) groups excluding carboxylic acids is 1. The lowest BCUT2D eigenvalue weighted by Crippen LogP contribution is -2.41. The lowest BCUT2D eigenvalue weighted by atomic mass is 9.88. The molecule has 0 rings (SSSR count). The van der Waals surface area contributed by atoms with Crippen LogP contribution in [0.2, 0.25) is 0 Å². The molecule has 1 unspecified atom stereocenters. The fourth-order valence-electron chi connectivity index (χ4n) is 2.12. The van der Waals surface area contributed by atoms with Gasteiger partial charge in [0.05, 0.1) is 0 Å². The second kappa shape index (κ2) is 9.68. The summed E-state index contributed by atoms with van der Waals surface area (Å²) in [5.74, 6) is 0. The summed E-state index contributed by atoms with van der Waals surface area (Å²) in [4.78, 5) is 10.6. The lowest BCUT2D eigenvalue weighted by molar-refractivity contribution is -0.111. The van der Waals surface area contributed by atoms with Gasteiger partial charge in [-0.1, -0.05) is 58.8 Å². The van der Waals surface area contributed by atoms with Crippen LogP contribution in [0.15, 0.2) is 0 Å². The third kappa shape index (κ3) is 7.72. The smallest absolute Gasteiger partial charge is 0.207 e. The molecule has 0 saturated carbocycles. The van der Waals surface area contributed by atoms with Crippen LogP contribution in [-0.2, 0) is 4.79 Å². The van der Waals surface area contributed by atoms with Crippen molar-refractivity contribution in [3.05, 3.63) is 0 Å². The Morgan fingerprint density at radius 2 is 1.44 bits per heavy atom. The third-order valence-electron chi connectivity index (χ3n) is 3.32. The van der Waals surface area contributed by atoms with Crippen LogP contribution < -0.4 is 5.32 Å². The summed E-state index contributed by atoms with van der Waals surface area (Å²) >= 11 is 0. The summed E-state index contributed by atoms with van der Waals surface area (Å²) in [7, 11) is 0. The highest BCUT2D eigenvalue weighted by Gasteiger charge is 2.21. The molecule has 0 aliphatic heterocycles. The molecule has 0 saturated heterocycles. The van der Waals surface area contributed by atoms with E-state index in [1.54, 1.807) is 0 Å². The van der Waals surface area contributed by atoms with E-state index in [-0.39, 0.29) is 5.54 Å². The van der Waals surface area contributed by atoms with Crippen molar-refractivity contribution in [3.8, 4) is 0 Å². The van der Waals surface area contributed by atoms with Crippen molar-refractivity contribution < 1.29 is 4.79 Å². The Hall–Kier alpha value is -0.530. The Balaban J connectivity index is 3.85. The molecule has 2 nitrogen and oxygen atoms in total. The first-order valence-corrected chi connectivity index (χ1v) is 6.90. The van der Waals surface area contributed by atoms with Crippen molar-refractivity contribution in [2.75, 3.05) is 0 Å².